The van der Waals surface area contributed by atoms with Crippen LogP contribution in [0.25, 0.3) is 11.4 Å². The van der Waals surface area contributed by atoms with Crippen molar-refractivity contribution < 1.29 is 9.59 Å². The molecular weight excluding hydrogens is 280 g/mol. The SMILES string of the molecule is CN(C)C(=O)c1ccnc(-c2cc(C(=O)N(C)C)ccn2)c1. The Labute approximate surface area is 129 Å². The second-order valence-electron chi connectivity index (χ2n) is 5.26. The van der Waals surface area contributed by atoms with Gasteiger partial charge in [-0.05, 0) is 24.3 Å². The van der Waals surface area contributed by atoms with Gasteiger partial charge in [0.25, 0.3) is 11.8 Å². The monoisotopic (exact) mass is 298 g/mol. The summed E-state index contributed by atoms with van der Waals surface area (Å²) in [7, 11) is 6.77. The molecule has 2 heterocycles. The third-order valence-electron chi connectivity index (χ3n) is 3.09. The first-order valence-corrected chi connectivity index (χ1v) is 6.76. The lowest BCUT2D eigenvalue weighted by molar-refractivity contribution is 0.0820. The molecule has 0 radical (unpaired) electrons. The molecule has 0 N–H and O–H groups in total. The van der Waals surface area contributed by atoms with Gasteiger partial charge in [0.15, 0.2) is 0 Å². The van der Waals surface area contributed by atoms with Crippen molar-refractivity contribution in [2.45, 2.75) is 0 Å². The third-order valence-corrected chi connectivity index (χ3v) is 3.09. The Morgan fingerprint density at radius 1 is 0.773 bits per heavy atom. The normalized spacial score (nSPS) is 10.2. The Kier molecular flexibility index (Phi) is 4.50. The molecule has 6 heteroatoms. The van der Waals surface area contributed by atoms with E-state index in [1.54, 1.807) is 64.8 Å². The summed E-state index contributed by atoms with van der Waals surface area (Å²) in [4.78, 5) is 35.5. The Balaban J connectivity index is 2.41. The van der Waals surface area contributed by atoms with Crippen molar-refractivity contribution in [3.05, 3.63) is 47.8 Å². The first-order chi connectivity index (χ1) is 10.4. The quantitative estimate of drug-likeness (QED) is 0.862. The number of hydrogen-bond acceptors (Lipinski definition) is 4. The molecule has 0 saturated carbocycles. The number of pyridine rings is 2. The summed E-state index contributed by atoms with van der Waals surface area (Å²) in [6.45, 7) is 0. The summed E-state index contributed by atoms with van der Waals surface area (Å²) < 4.78 is 0. The highest BCUT2D eigenvalue weighted by molar-refractivity contribution is 5.96. The van der Waals surface area contributed by atoms with E-state index in [1.807, 2.05) is 0 Å². The molecule has 0 fully saturated rings. The molecular formula is C16H18N4O2. The van der Waals surface area contributed by atoms with Gasteiger partial charge in [-0.25, -0.2) is 0 Å². The van der Waals surface area contributed by atoms with Gasteiger partial charge in [0.2, 0.25) is 0 Å². The van der Waals surface area contributed by atoms with Crippen molar-refractivity contribution in [3.8, 4) is 11.4 Å². The number of hydrogen-bond donors (Lipinski definition) is 0. The van der Waals surface area contributed by atoms with Crippen molar-refractivity contribution in [3.63, 3.8) is 0 Å². The first kappa shape index (κ1) is 15.6. The van der Waals surface area contributed by atoms with Crippen molar-refractivity contribution in [1.29, 1.82) is 0 Å². The molecule has 0 spiro atoms. The number of carbonyl (C=O) groups excluding carboxylic acids is 2. The maximum absolute atomic E-state index is 12.0. The number of nitrogens with zero attached hydrogens (tertiary/aromatic N) is 4. The van der Waals surface area contributed by atoms with Gasteiger partial charge in [-0.1, -0.05) is 0 Å². The number of rotatable bonds is 3. The molecule has 2 amide bonds. The van der Waals surface area contributed by atoms with Crippen molar-refractivity contribution in [2.75, 3.05) is 28.2 Å². The van der Waals surface area contributed by atoms with Gasteiger partial charge < -0.3 is 9.80 Å². The molecule has 6 nitrogen and oxygen atoms in total. The average Bonchev–Trinajstić information content (AvgIpc) is 2.53. The standard InChI is InChI=1S/C16H18N4O2/c1-19(2)15(21)11-5-7-17-13(9-11)14-10-12(6-8-18-14)16(22)20(3)4/h5-10H,1-4H3. The second kappa shape index (κ2) is 6.34. The number of carbonyl (C=O) groups is 2. The lowest BCUT2D eigenvalue weighted by Crippen LogP contribution is -2.22. The highest BCUT2D eigenvalue weighted by atomic mass is 16.2. The van der Waals surface area contributed by atoms with Gasteiger partial charge >= 0.3 is 0 Å². The molecule has 2 aromatic rings. The zero-order chi connectivity index (χ0) is 16.3. The fraction of sp³-hybridized carbons (Fsp3) is 0.250. The fourth-order valence-electron chi connectivity index (χ4n) is 1.92. The smallest absolute Gasteiger partial charge is 0.253 e. The minimum Gasteiger partial charge on any atom is -0.345 e. The summed E-state index contributed by atoms with van der Waals surface area (Å²) in [6.07, 6.45) is 3.13. The van der Waals surface area contributed by atoms with E-state index >= 15 is 0 Å². The van der Waals surface area contributed by atoms with E-state index in [0.717, 1.165) is 0 Å². The van der Waals surface area contributed by atoms with E-state index in [1.165, 1.54) is 9.80 Å². The largest absolute Gasteiger partial charge is 0.345 e. The van der Waals surface area contributed by atoms with Gasteiger partial charge in [-0.15, -0.1) is 0 Å². The molecule has 0 atom stereocenters. The van der Waals surface area contributed by atoms with Crippen LogP contribution in [0.15, 0.2) is 36.7 Å². The molecule has 22 heavy (non-hydrogen) atoms. The molecule has 0 unspecified atom stereocenters. The van der Waals surface area contributed by atoms with Gasteiger partial charge in [0, 0.05) is 51.7 Å². The van der Waals surface area contributed by atoms with Crippen LogP contribution in [0.1, 0.15) is 20.7 Å². The molecule has 0 saturated heterocycles. The average molecular weight is 298 g/mol. The van der Waals surface area contributed by atoms with Gasteiger partial charge in [0.1, 0.15) is 0 Å². The van der Waals surface area contributed by atoms with Crippen LogP contribution in [0.2, 0.25) is 0 Å². The predicted octanol–water partition coefficient (Wildman–Crippen LogP) is 1.55. The lowest BCUT2D eigenvalue weighted by atomic mass is 10.1. The minimum absolute atomic E-state index is 0.107. The van der Waals surface area contributed by atoms with Crippen LogP contribution in [-0.4, -0.2) is 59.8 Å². The predicted molar refractivity (Wildman–Crippen MR) is 83.5 cm³/mol. The molecule has 0 bridgehead atoms. The Morgan fingerprint density at radius 2 is 1.14 bits per heavy atom. The zero-order valence-electron chi connectivity index (χ0n) is 13.1. The Bertz CT molecular complexity index is 649. The van der Waals surface area contributed by atoms with Crippen molar-refractivity contribution in [1.82, 2.24) is 19.8 Å². The highest BCUT2D eigenvalue weighted by Crippen LogP contribution is 2.18. The van der Waals surface area contributed by atoms with E-state index in [-0.39, 0.29) is 11.8 Å². The number of aromatic nitrogens is 2. The summed E-state index contributed by atoms with van der Waals surface area (Å²) in [6, 6.07) is 6.66. The fourth-order valence-corrected chi connectivity index (χ4v) is 1.92. The van der Waals surface area contributed by atoms with Crippen molar-refractivity contribution in [2.24, 2.45) is 0 Å². The Hall–Kier alpha value is -2.76. The molecule has 0 aromatic carbocycles. The topological polar surface area (TPSA) is 66.4 Å². The van der Waals surface area contributed by atoms with E-state index in [9.17, 15) is 9.59 Å². The maximum Gasteiger partial charge on any atom is 0.253 e. The van der Waals surface area contributed by atoms with E-state index < -0.39 is 0 Å². The minimum atomic E-state index is -0.107. The van der Waals surface area contributed by atoms with Crippen LogP contribution in [-0.2, 0) is 0 Å². The van der Waals surface area contributed by atoms with E-state index in [4.69, 9.17) is 0 Å². The maximum atomic E-state index is 12.0. The molecule has 0 aliphatic carbocycles. The Morgan fingerprint density at radius 3 is 1.45 bits per heavy atom. The van der Waals surface area contributed by atoms with Crippen LogP contribution in [0.3, 0.4) is 0 Å². The van der Waals surface area contributed by atoms with Gasteiger partial charge in [-0.3, -0.25) is 19.6 Å². The molecule has 0 aliphatic heterocycles. The van der Waals surface area contributed by atoms with E-state index in [2.05, 4.69) is 9.97 Å². The van der Waals surface area contributed by atoms with E-state index in [0.29, 0.717) is 22.5 Å². The zero-order valence-corrected chi connectivity index (χ0v) is 13.1. The van der Waals surface area contributed by atoms with Crippen LogP contribution in [0, 0.1) is 0 Å². The van der Waals surface area contributed by atoms with Gasteiger partial charge in [0.05, 0.1) is 11.4 Å². The van der Waals surface area contributed by atoms with Crippen molar-refractivity contribution >= 4 is 11.8 Å². The highest BCUT2D eigenvalue weighted by Gasteiger charge is 2.13. The molecule has 2 rings (SSSR count). The molecule has 114 valence electrons. The van der Waals surface area contributed by atoms with Crippen LogP contribution >= 0.6 is 0 Å². The van der Waals surface area contributed by atoms with Crippen LogP contribution < -0.4 is 0 Å². The second-order valence-corrected chi connectivity index (χ2v) is 5.26. The summed E-state index contributed by atoms with van der Waals surface area (Å²) in [5.74, 6) is -0.214. The van der Waals surface area contributed by atoms with Crippen LogP contribution in [0.4, 0.5) is 0 Å². The molecule has 2 aromatic heterocycles. The van der Waals surface area contributed by atoms with Gasteiger partial charge in [-0.2, -0.15) is 0 Å². The first-order valence-electron chi connectivity index (χ1n) is 6.76. The lowest BCUT2D eigenvalue weighted by Gasteiger charge is -2.12. The third kappa shape index (κ3) is 3.28. The number of amides is 2. The molecule has 0 aliphatic rings. The summed E-state index contributed by atoms with van der Waals surface area (Å²) >= 11 is 0. The summed E-state index contributed by atoms with van der Waals surface area (Å²) in [5.41, 5.74) is 2.17. The van der Waals surface area contributed by atoms with Crippen LogP contribution in [0.5, 0.6) is 0 Å². The summed E-state index contributed by atoms with van der Waals surface area (Å²) in [5, 5.41) is 0.